The van der Waals surface area contributed by atoms with Crippen LogP contribution < -0.4 is 0 Å². The third-order valence-electron chi connectivity index (χ3n) is 3.86. The van der Waals surface area contributed by atoms with Gasteiger partial charge in [-0.2, -0.15) is 8.78 Å². The van der Waals surface area contributed by atoms with Crippen LogP contribution >= 0.6 is 11.8 Å². The van der Waals surface area contributed by atoms with Crippen LogP contribution in [-0.2, 0) is 22.1 Å². The Morgan fingerprint density at radius 2 is 1.86 bits per heavy atom. The van der Waals surface area contributed by atoms with Gasteiger partial charge in [0.2, 0.25) is 9.84 Å². The fraction of sp³-hybridized carbons (Fsp3) is 0.333. The highest BCUT2D eigenvalue weighted by molar-refractivity contribution is 7.98. The molecule has 0 atom stereocenters. The third kappa shape index (κ3) is 4.44. The van der Waals surface area contributed by atoms with Crippen molar-refractivity contribution in [3.05, 3.63) is 48.2 Å². The van der Waals surface area contributed by atoms with Gasteiger partial charge in [-0.15, -0.1) is 10.2 Å². The van der Waals surface area contributed by atoms with E-state index in [1.807, 2.05) is 10.6 Å². The molecule has 2 aromatic heterocycles. The summed E-state index contributed by atoms with van der Waals surface area (Å²) in [5.41, 5.74) is 0.789. The third-order valence-corrected chi connectivity index (χ3v) is 6.30. The summed E-state index contributed by atoms with van der Waals surface area (Å²) in [6, 6.07) is 9.05. The quantitative estimate of drug-likeness (QED) is 0.493. The zero-order chi connectivity index (χ0) is 20.3. The number of rotatable bonds is 8. The Bertz CT molecular complexity index is 1020. The Morgan fingerprint density at radius 3 is 2.43 bits per heavy atom. The van der Waals surface area contributed by atoms with Crippen molar-refractivity contribution in [3.8, 4) is 11.6 Å². The Labute approximate surface area is 165 Å². The normalized spacial score (nSPS) is 12.2. The molecule has 0 spiro atoms. The molecule has 0 bridgehead atoms. The summed E-state index contributed by atoms with van der Waals surface area (Å²) in [4.78, 5) is -0.390. The average Bonchev–Trinajstić information content (AvgIpc) is 3.29. The first-order valence-corrected chi connectivity index (χ1v) is 11.0. The van der Waals surface area contributed by atoms with Crippen LogP contribution in [0.15, 0.2) is 57.1 Å². The molecule has 0 aliphatic heterocycles. The molecule has 0 aliphatic rings. The van der Waals surface area contributed by atoms with Gasteiger partial charge in [0.05, 0.1) is 11.2 Å². The van der Waals surface area contributed by atoms with Crippen molar-refractivity contribution < 1.29 is 21.6 Å². The first kappa shape index (κ1) is 20.5. The maximum Gasteiger partial charge on any atom is 0.341 e. The molecule has 28 heavy (non-hydrogen) atoms. The molecular formula is C18H19F2N3O3S2. The van der Waals surface area contributed by atoms with Crippen molar-refractivity contribution >= 4 is 21.6 Å². The summed E-state index contributed by atoms with van der Waals surface area (Å²) in [5, 5.41) is 9.17. The van der Waals surface area contributed by atoms with Gasteiger partial charge in [0.25, 0.3) is 0 Å². The summed E-state index contributed by atoms with van der Waals surface area (Å²) < 4.78 is 55.6. The van der Waals surface area contributed by atoms with Gasteiger partial charge in [-0.05, 0) is 35.7 Å². The zero-order valence-electron chi connectivity index (χ0n) is 15.2. The molecule has 3 rings (SSSR count). The van der Waals surface area contributed by atoms with Crippen molar-refractivity contribution in [2.24, 2.45) is 5.92 Å². The van der Waals surface area contributed by atoms with Gasteiger partial charge < -0.3 is 4.42 Å². The minimum Gasteiger partial charge on any atom is -0.461 e. The number of alkyl halides is 2. The molecular weight excluding hydrogens is 408 g/mol. The van der Waals surface area contributed by atoms with Crippen LogP contribution in [0.3, 0.4) is 0 Å². The summed E-state index contributed by atoms with van der Waals surface area (Å²) >= 11 is 1.43. The number of nitrogens with zero attached hydrogens (tertiary/aromatic N) is 3. The molecule has 0 amide bonds. The monoisotopic (exact) mass is 427 g/mol. The van der Waals surface area contributed by atoms with E-state index in [2.05, 4.69) is 24.0 Å². The van der Waals surface area contributed by atoms with Crippen LogP contribution in [0.25, 0.3) is 11.6 Å². The maximum atomic E-state index is 12.6. The number of halogens is 2. The molecule has 0 N–H and O–H groups in total. The van der Waals surface area contributed by atoms with Crippen molar-refractivity contribution in [1.29, 1.82) is 0 Å². The van der Waals surface area contributed by atoms with Crippen LogP contribution in [0.2, 0.25) is 0 Å². The summed E-state index contributed by atoms with van der Waals surface area (Å²) in [7, 11) is -4.58. The van der Waals surface area contributed by atoms with Gasteiger partial charge in [-0.25, -0.2) is 8.42 Å². The van der Waals surface area contributed by atoms with E-state index in [4.69, 9.17) is 4.42 Å². The summed E-state index contributed by atoms with van der Waals surface area (Å²) in [6.07, 6.45) is 1.57. The van der Waals surface area contributed by atoms with Gasteiger partial charge >= 0.3 is 5.76 Å². The van der Waals surface area contributed by atoms with Crippen LogP contribution in [0.1, 0.15) is 19.4 Å². The first-order valence-electron chi connectivity index (χ1n) is 8.50. The van der Waals surface area contributed by atoms with E-state index in [1.54, 1.807) is 12.3 Å². The lowest BCUT2D eigenvalue weighted by Crippen LogP contribution is -2.11. The Morgan fingerprint density at radius 1 is 1.14 bits per heavy atom. The molecule has 3 aromatic rings. The lowest BCUT2D eigenvalue weighted by atomic mass is 10.2. The largest absolute Gasteiger partial charge is 0.461 e. The van der Waals surface area contributed by atoms with Crippen molar-refractivity contribution in [2.75, 3.05) is 0 Å². The number of aromatic nitrogens is 3. The Kier molecular flexibility index (Phi) is 6.19. The van der Waals surface area contributed by atoms with E-state index in [0.29, 0.717) is 35.0 Å². The van der Waals surface area contributed by atoms with Gasteiger partial charge in [-0.1, -0.05) is 37.7 Å². The molecule has 1 aromatic carbocycles. The SMILES string of the molecule is CC(C)Cn1c(SCc2ccc(S(=O)(=O)C(F)F)cc2)nnc1-c1ccco1. The first-order chi connectivity index (χ1) is 13.3. The van der Waals surface area contributed by atoms with E-state index in [0.717, 1.165) is 5.56 Å². The molecule has 0 saturated carbocycles. The lowest BCUT2D eigenvalue weighted by molar-refractivity contribution is 0.234. The summed E-state index contributed by atoms with van der Waals surface area (Å²) in [5.74, 6) is -1.31. The predicted octanol–water partition coefficient (Wildman–Crippen LogP) is 4.48. The van der Waals surface area contributed by atoms with E-state index in [-0.39, 0.29) is 4.90 Å². The molecule has 0 fully saturated rings. The minimum absolute atomic E-state index is 0.364. The van der Waals surface area contributed by atoms with E-state index in [1.165, 1.54) is 36.0 Å². The van der Waals surface area contributed by atoms with Gasteiger partial charge in [0, 0.05) is 12.3 Å². The standard InChI is InChI=1S/C18H19F2N3O3S2/c1-12(2)10-23-16(15-4-3-9-26-15)21-22-18(23)27-11-13-5-7-14(8-6-13)28(24,25)17(19)20/h3-9,12,17H,10-11H2,1-2H3. The molecule has 0 radical (unpaired) electrons. The van der Waals surface area contributed by atoms with Crippen LogP contribution in [-0.4, -0.2) is 28.9 Å². The molecule has 10 heteroatoms. The number of benzene rings is 1. The highest BCUT2D eigenvalue weighted by Gasteiger charge is 2.26. The molecule has 0 aliphatic carbocycles. The second-order valence-electron chi connectivity index (χ2n) is 6.53. The van der Waals surface area contributed by atoms with Crippen LogP contribution in [0.4, 0.5) is 8.78 Å². The number of hydrogen-bond acceptors (Lipinski definition) is 6. The lowest BCUT2D eigenvalue weighted by Gasteiger charge is -2.11. The van der Waals surface area contributed by atoms with Crippen molar-refractivity contribution in [1.82, 2.24) is 14.8 Å². The zero-order valence-corrected chi connectivity index (χ0v) is 16.9. The predicted molar refractivity (Wildman–Crippen MR) is 102 cm³/mol. The van der Waals surface area contributed by atoms with Gasteiger partial charge in [0.15, 0.2) is 16.7 Å². The van der Waals surface area contributed by atoms with Crippen LogP contribution in [0, 0.1) is 5.92 Å². The van der Waals surface area contributed by atoms with E-state index >= 15 is 0 Å². The van der Waals surface area contributed by atoms with E-state index in [9.17, 15) is 17.2 Å². The highest BCUT2D eigenvalue weighted by atomic mass is 32.2. The smallest absolute Gasteiger partial charge is 0.341 e. The molecule has 0 unspecified atom stereocenters. The number of hydrogen-bond donors (Lipinski definition) is 0. The summed E-state index contributed by atoms with van der Waals surface area (Å²) in [6.45, 7) is 4.88. The van der Waals surface area contributed by atoms with Gasteiger partial charge in [0.1, 0.15) is 0 Å². The fourth-order valence-corrected chi connectivity index (χ4v) is 4.16. The Hall–Kier alpha value is -2.20. The second-order valence-corrected chi connectivity index (χ2v) is 9.39. The second kappa shape index (κ2) is 8.44. The molecule has 150 valence electrons. The van der Waals surface area contributed by atoms with Crippen LogP contribution in [0.5, 0.6) is 0 Å². The van der Waals surface area contributed by atoms with Crippen molar-refractivity contribution in [2.45, 2.75) is 42.0 Å². The maximum absolute atomic E-state index is 12.6. The highest BCUT2D eigenvalue weighted by Crippen LogP contribution is 2.28. The fourth-order valence-electron chi connectivity index (χ4n) is 2.54. The topological polar surface area (TPSA) is 78.0 Å². The Balaban J connectivity index is 1.78. The molecule has 0 saturated heterocycles. The van der Waals surface area contributed by atoms with Gasteiger partial charge in [-0.3, -0.25) is 4.57 Å². The van der Waals surface area contributed by atoms with Crippen molar-refractivity contribution in [3.63, 3.8) is 0 Å². The molecule has 6 nitrogen and oxygen atoms in total. The number of thioether (sulfide) groups is 1. The number of sulfone groups is 1. The molecule has 2 heterocycles. The number of furan rings is 1. The average molecular weight is 427 g/mol. The van der Waals surface area contributed by atoms with E-state index < -0.39 is 15.6 Å². The minimum atomic E-state index is -4.58.